The minimum Gasteiger partial charge on any atom is -0.483 e. The van der Waals surface area contributed by atoms with Crippen LogP contribution in [0.25, 0.3) is 0 Å². The quantitative estimate of drug-likeness (QED) is 0.560. The van der Waals surface area contributed by atoms with Crippen molar-refractivity contribution in [2.75, 3.05) is 0 Å². The summed E-state index contributed by atoms with van der Waals surface area (Å²) in [6.45, 7) is 2.02. The number of carbonyl (C=O) groups excluding carboxylic acids is 1. The maximum absolute atomic E-state index is 10.6. The first kappa shape index (κ1) is 9.23. The summed E-state index contributed by atoms with van der Waals surface area (Å²) in [7, 11) is 0. The molecule has 0 aliphatic heterocycles. The normalized spacial score (nSPS) is 24.9. The van der Waals surface area contributed by atoms with E-state index in [-0.39, 0.29) is 6.47 Å². The van der Waals surface area contributed by atoms with Gasteiger partial charge in [0, 0.05) is 12.8 Å². The zero-order chi connectivity index (χ0) is 9.19. The van der Waals surface area contributed by atoms with Crippen molar-refractivity contribution in [1.82, 2.24) is 0 Å². The van der Waals surface area contributed by atoms with Crippen molar-refractivity contribution >= 4 is 12.3 Å². The van der Waals surface area contributed by atoms with Gasteiger partial charge in [-0.1, -0.05) is 6.92 Å². The van der Waals surface area contributed by atoms with Crippen molar-refractivity contribution in [2.24, 2.45) is 11.3 Å². The Kier molecular flexibility index (Phi) is 2.50. The largest absolute Gasteiger partial charge is 0.483 e. The third-order valence-corrected chi connectivity index (χ3v) is 2.71. The zero-order valence-corrected chi connectivity index (χ0v) is 7.25. The lowest BCUT2D eigenvalue weighted by Gasteiger charge is -2.52. The molecule has 0 aromatic heterocycles. The Morgan fingerprint density at radius 2 is 1.92 bits per heavy atom. The molecule has 1 spiro atoms. The number of ketones is 1. The Balaban J connectivity index is 0.000000213. The van der Waals surface area contributed by atoms with Gasteiger partial charge in [-0.3, -0.25) is 9.59 Å². The van der Waals surface area contributed by atoms with Crippen LogP contribution in [0.3, 0.4) is 0 Å². The van der Waals surface area contributed by atoms with Crippen molar-refractivity contribution in [2.45, 2.75) is 32.6 Å². The van der Waals surface area contributed by atoms with E-state index in [2.05, 4.69) is 6.92 Å². The fraction of sp³-hybridized carbons (Fsp3) is 0.778. The molecule has 12 heavy (non-hydrogen) atoms. The molecule has 0 saturated heterocycles. The van der Waals surface area contributed by atoms with Crippen molar-refractivity contribution in [3.05, 3.63) is 0 Å². The SMILES string of the molecule is CC1CC2(CC(=O)C2)C1.O=CO. The molecule has 0 heterocycles. The van der Waals surface area contributed by atoms with E-state index in [1.807, 2.05) is 0 Å². The number of Topliss-reactive ketones (excluding diaryl/α,β-unsaturated/α-hetero) is 1. The first-order chi connectivity index (χ1) is 5.62. The molecule has 0 amide bonds. The van der Waals surface area contributed by atoms with Crippen LogP contribution in [0.2, 0.25) is 0 Å². The number of rotatable bonds is 0. The minimum absolute atomic E-state index is 0.250. The first-order valence-corrected chi connectivity index (χ1v) is 4.21. The van der Waals surface area contributed by atoms with E-state index >= 15 is 0 Å². The molecule has 68 valence electrons. The van der Waals surface area contributed by atoms with Gasteiger partial charge in [-0.05, 0) is 24.2 Å². The molecule has 2 rings (SSSR count). The van der Waals surface area contributed by atoms with Crippen molar-refractivity contribution in [3.63, 3.8) is 0 Å². The fourth-order valence-electron chi connectivity index (χ4n) is 2.49. The Morgan fingerprint density at radius 3 is 2.17 bits per heavy atom. The Morgan fingerprint density at radius 1 is 1.50 bits per heavy atom. The van der Waals surface area contributed by atoms with Crippen LogP contribution < -0.4 is 0 Å². The first-order valence-electron chi connectivity index (χ1n) is 4.21. The van der Waals surface area contributed by atoms with Gasteiger partial charge in [-0.25, -0.2) is 0 Å². The van der Waals surface area contributed by atoms with Crippen LogP contribution in [0.15, 0.2) is 0 Å². The minimum atomic E-state index is -0.250. The van der Waals surface area contributed by atoms with Gasteiger partial charge in [-0.15, -0.1) is 0 Å². The highest BCUT2D eigenvalue weighted by molar-refractivity contribution is 5.86. The van der Waals surface area contributed by atoms with Crippen LogP contribution in [-0.2, 0) is 9.59 Å². The van der Waals surface area contributed by atoms with Crippen LogP contribution in [0.5, 0.6) is 0 Å². The summed E-state index contributed by atoms with van der Waals surface area (Å²) in [4.78, 5) is 19.0. The summed E-state index contributed by atoms with van der Waals surface area (Å²) in [5.41, 5.74) is 0.538. The molecule has 0 atom stereocenters. The predicted molar refractivity (Wildman–Crippen MR) is 43.8 cm³/mol. The van der Waals surface area contributed by atoms with E-state index in [9.17, 15) is 4.79 Å². The number of hydrogen-bond acceptors (Lipinski definition) is 2. The van der Waals surface area contributed by atoms with Crippen LogP contribution in [0.4, 0.5) is 0 Å². The lowest BCUT2D eigenvalue weighted by Crippen LogP contribution is -2.46. The highest BCUT2D eigenvalue weighted by Gasteiger charge is 2.50. The molecular formula is C9H14O3. The second-order valence-electron chi connectivity index (χ2n) is 4.01. The highest BCUT2D eigenvalue weighted by Crippen LogP contribution is 2.56. The molecule has 2 aliphatic carbocycles. The van der Waals surface area contributed by atoms with Crippen LogP contribution in [0.1, 0.15) is 32.6 Å². The summed E-state index contributed by atoms with van der Waals surface area (Å²) in [5.74, 6) is 1.39. The lowest BCUT2D eigenvalue weighted by atomic mass is 9.52. The molecule has 0 aromatic carbocycles. The van der Waals surface area contributed by atoms with E-state index < -0.39 is 0 Å². The topological polar surface area (TPSA) is 54.4 Å². The smallest absolute Gasteiger partial charge is 0.290 e. The van der Waals surface area contributed by atoms with E-state index in [1.165, 1.54) is 12.8 Å². The molecule has 3 heteroatoms. The van der Waals surface area contributed by atoms with Gasteiger partial charge in [0.05, 0.1) is 0 Å². The lowest BCUT2D eigenvalue weighted by molar-refractivity contribution is -0.141. The van der Waals surface area contributed by atoms with Gasteiger partial charge in [0.25, 0.3) is 6.47 Å². The molecule has 2 saturated carbocycles. The van der Waals surface area contributed by atoms with Crippen molar-refractivity contribution in [1.29, 1.82) is 0 Å². The third kappa shape index (κ3) is 1.65. The van der Waals surface area contributed by atoms with Crippen molar-refractivity contribution in [3.8, 4) is 0 Å². The maximum Gasteiger partial charge on any atom is 0.290 e. The third-order valence-electron chi connectivity index (χ3n) is 2.71. The molecule has 0 unspecified atom stereocenters. The van der Waals surface area contributed by atoms with Gasteiger partial charge in [-0.2, -0.15) is 0 Å². The molecule has 2 aliphatic rings. The Labute approximate surface area is 71.8 Å². The molecule has 0 bridgehead atoms. The van der Waals surface area contributed by atoms with Crippen LogP contribution in [0, 0.1) is 11.3 Å². The number of carboxylic acid groups (broad SMARTS) is 1. The summed E-state index contributed by atoms with van der Waals surface area (Å²) in [6.07, 6.45) is 4.44. The fourth-order valence-corrected chi connectivity index (χ4v) is 2.49. The second kappa shape index (κ2) is 3.25. The maximum atomic E-state index is 10.6. The van der Waals surface area contributed by atoms with Gasteiger partial charge >= 0.3 is 0 Å². The molecule has 2 fully saturated rings. The number of hydrogen-bond donors (Lipinski definition) is 1. The monoisotopic (exact) mass is 170 g/mol. The zero-order valence-electron chi connectivity index (χ0n) is 7.25. The summed E-state index contributed by atoms with van der Waals surface area (Å²) >= 11 is 0. The van der Waals surface area contributed by atoms with Gasteiger partial charge in [0.1, 0.15) is 5.78 Å². The average molecular weight is 170 g/mol. The van der Waals surface area contributed by atoms with E-state index in [1.54, 1.807) is 0 Å². The van der Waals surface area contributed by atoms with Gasteiger partial charge in [0.15, 0.2) is 0 Å². The number of carbonyl (C=O) groups is 2. The predicted octanol–water partition coefficient (Wildman–Crippen LogP) is 1.47. The Bertz CT molecular complexity index is 182. The van der Waals surface area contributed by atoms with Crippen LogP contribution >= 0.6 is 0 Å². The van der Waals surface area contributed by atoms with Crippen LogP contribution in [-0.4, -0.2) is 17.4 Å². The standard InChI is InChI=1S/C8H12O.CH2O2/c1-6-2-8(3-6)4-7(9)5-8;2-1-3/h6H,2-5H2,1H3;1H,(H,2,3). The molecule has 0 aromatic rings. The highest BCUT2D eigenvalue weighted by atomic mass is 16.3. The molecule has 0 radical (unpaired) electrons. The van der Waals surface area contributed by atoms with Gasteiger partial charge < -0.3 is 5.11 Å². The van der Waals surface area contributed by atoms with Gasteiger partial charge in [0.2, 0.25) is 0 Å². The van der Waals surface area contributed by atoms with Crippen molar-refractivity contribution < 1.29 is 14.7 Å². The second-order valence-corrected chi connectivity index (χ2v) is 4.01. The summed E-state index contributed by atoms with van der Waals surface area (Å²) in [6, 6.07) is 0. The molecule has 3 nitrogen and oxygen atoms in total. The summed E-state index contributed by atoms with van der Waals surface area (Å²) in [5, 5.41) is 6.89. The van der Waals surface area contributed by atoms with E-state index in [0.717, 1.165) is 18.8 Å². The van der Waals surface area contributed by atoms with E-state index in [0.29, 0.717) is 11.2 Å². The molecular weight excluding hydrogens is 156 g/mol. The molecule has 1 N–H and O–H groups in total. The summed E-state index contributed by atoms with van der Waals surface area (Å²) < 4.78 is 0. The Hall–Kier alpha value is -0.860. The van der Waals surface area contributed by atoms with E-state index in [4.69, 9.17) is 9.90 Å². The average Bonchev–Trinajstić information content (AvgIpc) is 1.83.